The van der Waals surface area contributed by atoms with Crippen molar-refractivity contribution in [3.8, 4) is 10.6 Å². The number of aromatic nitrogens is 1. The van der Waals surface area contributed by atoms with Gasteiger partial charge in [-0.1, -0.05) is 0 Å². The molecule has 4 heteroatoms. The predicted octanol–water partition coefficient (Wildman–Crippen LogP) is 3.85. The Morgan fingerprint density at radius 2 is 2.07 bits per heavy atom. The summed E-state index contributed by atoms with van der Waals surface area (Å²) in [6.45, 7) is 3.67. The van der Waals surface area contributed by atoms with Gasteiger partial charge in [-0.05, 0) is 37.6 Å². The van der Waals surface area contributed by atoms with Crippen molar-refractivity contribution in [2.75, 3.05) is 0 Å². The van der Waals surface area contributed by atoms with Crippen LogP contribution in [0.25, 0.3) is 10.6 Å². The summed E-state index contributed by atoms with van der Waals surface area (Å²) in [6, 6.07) is 5.02. The maximum atomic E-state index is 13.1. The fourth-order valence-electron chi connectivity index (χ4n) is 1.29. The van der Waals surface area contributed by atoms with Gasteiger partial charge in [0.1, 0.15) is 10.8 Å². The minimum Gasteiger partial charge on any atom is -0.240 e. The second kappa shape index (κ2) is 3.94. The summed E-state index contributed by atoms with van der Waals surface area (Å²) < 4.78 is 14.0. The molecule has 78 valence electrons. The van der Waals surface area contributed by atoms with Crippen molar-refractivity contribution in [3.63, 3.8) is 0 Å². The first kappa shape index (κ1) is 10.6. The van der Waals surface area contributed by atoms with E-state index in [1.54, 1.807) is 19.1 Å². The summed E-state index contributed by atoms with van der Waals surface area (Å²) in [5.41, 5.74) is 2.50. The van der Waals surface area contributed by atoms with Gasteiger partial charge in [0.2, 0.25) is 0 Å². The summed E-state index contributed by atoms with van der Waals surface area (Å²) >= 11 is 5.81. The highest BCUT2D eigenvalue weighted by Gasteiger charge is 2.08. The average Bonchev–Trinajstić information content (AvgIpc) is 2.52. The monoisotopic (exact) mass is 239 g/mol. The number of thiazole rings is 1. The van der Waals surface area contributed by atoms with Crippen molar-refractivity contribution in [2.24, 2.45) is 0 Å². The molecule has 0 aliphatic carbocycles. The van der Waals surface area contributed by atoms with Crippen LogP contribution in [0.3, 0.4) is 0 Å². The minimum absolute atomic E-state index is 0.182. The molecular formula is C11H10FNS2. The van der Waals surface area contributed by atoms with E-state index in [0.717, 1.165) is 20.5 Å². The van der Waals surface area contributed by atoms with Gasteiger partial charge in [0.05, 0.1) is 9.90 Å². The van der Waals surface area contributed by atoms with E-state index in [-0.39, 0.29) is 5.82 Å². The van der Waals surface area contributed by atoms with E-state index < -0.39 is 0 Å². The number of hydrogen-bond acceptors (Lipinski definition) is 3. The van der Waals surface area contributed by atoms with Crippen LogP contribution in [0.2, 0.25) is 0 Å². The van der Waals surface area contributed by atoms with E-state index in [4.69, 9.17) is 0 Å². The summed E-state index contributed by atoms with van der Waals surface area (Å²) in [5, 5.41) is 0.889. The Hall–Kier alpha value is -0.870. The molecule has 0 saturated carbocycles. The molecule has 0 atom stereocenters. The second-order valence-corrected chi connectivity index (χ2v) is 5.12. The highest BCUT2D eigenvalue weighted by atomic mass is 32.2. The average molecular weight is 239 g/mol. The molecule has 0 aliphatic heterocycles. The van der Waals surface area contributed by atoms with Crippen LogP contribution in [0.4, 0.5) is 4.39 Å². The third kappa shape index (κ3) is 2.06. The first-order valence-corrected chi connectivity index (χ1v) is 5.77. The molecule has 0 spiro atoms. The number of hydrogen-bond donors (Lipinski definition) is 1. The molecule has 15 heavy (non-hydrogen) atoms. The second-order valence-electron chi connectivity index (χ2n) is 3.37. The van der Waals surface area contributed by atoms with Crippen LogP contribution in [0.1, 0.15) is 11.3 Å². The van der Waals surface area contributed by atoms with Crippen molar-refractivity contribution in [1.29, 1.82) is 0 Å². The first-order valence-electron chi connectivity index (χ1n) is 4.51. The summed E-state index contributed by atoms with van der Waals surface area (Å²) in [6.07, 6.45) is 0. The van der Waals surface area contributed by atoms with E-state index in [2.05, 4.69) is 17.6 Å². The van der Waals surface area contributed by atoms with Gasteiger partial charge < -0.3 is 0 Å². The number of benzene rings is 1. The van der Waals surface area contributed by atoms with E-state index in [1.807, 2.05) is 6.92 Å². The third-order valence-electron chi connectivity index (χ3n) is 2.18. The smallest absolute Gasteiger partial charge is 0.126 e. The Kier molecular flexibility index (Phi) is 2.80. The van der Waals surface area contributed by atoms with Gasteiger partial charge in [0, 0.05) is 5.56 Å². The topological polar surface area (TPSA) is 12.9 Å². The lowest BCUT2D eigenvalue weighted by molar-refractivity contribution is 0.619. The largest absolute Gasteiger partial charge is 0.240 e. The maximum absolute atomic E-state index is 13.1. The molecule has 0 aliphatic rings. The lowest BCUT2D eigenvalue weighted by atomic mass is 10.1. The van der Waals surface area contributed by atoms with Gasteiger partial charge in [0.15, 0.2) is 0 Å². The number of halogens is 1. The molecule has 2 aromatic rings. The highest BCUT2D eigenvalue weighted by molar-refractivity contribution is 7.83. The Balaban J connectivity index is 2.49. The summed E-state index contributed by atoms with van der Waals surface area (Å²) in [4.78, 5) is 4.37. The molecule has 0 radical (unpaired) electrons. The Morgan fingerprint density at radius 3 is 2.60 bits per heavy atom. The molecular weight excluding hydrogens is 229 g/mol. The molecule has 0 unspecified atom stereocenters. The molecule has 2 rings (SSSR count). The molecule has 1 nitrogen and oxygen atoms in total. The van der Waals surface area contributed by atoms with Crippen LogP contribution in [-0.2, 0) is 0 Å². The summed E-state index contributed by atoms with van der Waals surface area (Å²) in [5.74, 6) is -0.182. The fourth-order valence-corrected chi connectivity index (χ4v) is 2.40. The molecule has 1 aromatic carbocycles. The molecule has 0 N–H and O–H groups in total. The SMILES string of the molecule is Cc1cc(-c2nc(C)c(S)s2)ccc1F. The van der Waals surface area contributed by atoms with E-state index >= 15 is 0 Å². The van der Waals surface area contributed by atoms with Crippen molar-refractivity contribution < 1.29 is 4.39 Å². The van der Waals surface area contributed by atoms with Gasteiger partial charge in [-0.2, -0.15) is 0 Å². The Labute approximate surface area is 97.4 Å². The Bertz CT molecular complexity index is 486. The van der Waals surface area contributed by atoms with E-state index in [0.29, 0.717) is 5.56 Å². The predicted molar refractivity (Wildman–Crippen MR) is 64.2 cm³/mol. The summed E-state index contributed by atoms with van der Waals surface area (Å²) in [7, 11) is 0. The van der Waals surface area contributed by atoms with Crippen LogP contribution in [0.5, 0.6) is 0 Å². The van der Waals surface area contributed by atoms with E-state index in [1.165, 1.54) is 17.4 Å². The number of thiol groups is 1. The zero-order chi connectivity index (χ0) is 11.0. The molecule has 0 fully saturated rings. The van der Waals surface area contributed by atoms with Crippen molar-refractivity contribution in [2.45, 2.75) is 18.1 Å². The lowest BCUT2D eigenvalue weighted by Gasteiger charge is -1.99. The standard InChI is InChI=1S/C11H10FNS2/c1-6-5-8(3-4-9(6)12)10-13-7(2)11(14)15-10/h3-5,14H,1-2H3. The van der Waals surface area contributed by atoms with Crippen molar-refractivity contribution in [1.82, 2.24) is 4.98 Å². The van der Waals surface area contributed by atoms with Crippen LogP contribution in [0.15, 0.2) is 22.4 Å². The zero-order valence-electron chi connectivity index (χ0n) is 8.41. The molecule has 1 aromatic heterocycles. The zero-order valence-corrected chi connectivity index (χ0v) is 10.1. The molecule has 0 amide bonds. The van der Waals surface area contributed by atoms with Gasteiger partial charge in [-0.3, -0.25) is 0 Å². The Morgan fingerprint density at radius 1 is 1.33 bits per heavy atom. The molecule has 0 saturated heterocycles. The minimum atomic E-state index is -0.182. The molecule has 1 heterocycles. The maximum Gasteiger partial charge on any atom is 0.126 e. The third-order valence-corrected chi connectivity index (χ3v) is 3.78. The van der Waals surface area contributed by atoms with E-state index in [9.17, 15) is 4.39 Å². The number of rotatable bonds is 1. The highest BCUT2D eigenvalue weighted by Crippen LogP contribution is 2.30. The van der Waals surface area contributed by atoms with Gasteiger partial charge in [-0.15, -0.1) is 24.0 Å². The number of aryl methyl sites for hydroxylation is 2. The van der Waals surface area contributed by atoms with Crippen LogP contribution < -0.4 is 0 Å². The lowest BCUT2D eigenvalue weighted by Crippen LogP contribution is -1.83. The quantitative estimate of drug-likeness (QED) is 0.746. The van der Waals surface area contributed by atoms with Crippen molar-refractivity contribution >= 4 is 24.0 Å². The van der Waals surface area contributed by atoms with Crippen LogP contribution >= 0.6 is 24.0 Å². The fraction of sp³-hybridized carbons (Fsp3) is 0.182. The van der Waals surface area contributed by atoms with Crippen LogP contribution in [-0.4, -0.2) is 4.98 Å². The van der Waals surface area contributed by atoms with Gasteiger partial charge in [0.25, 0.3) is 0 Å². The molecule has 0 bridgehead atoms. The normalized spacial score (nSPS) is 10.7. The number of nitrogens with zero attached hydrogens (tertiary/aromatic N) is 1. The van der Waals surface area contributed by atoms with Crippen LogP contribution in [0, 0.1) is 19.7 Å². The van der Waals surface area contributed by atoms with Crippen molar-refractivity contribution in [3.05, 3.63) is 35.3 Å². The first-order chi connectivity index (χ1) is 7.08. The van der Waals surface area contributed by atoms with Gasteiger partial charge in [-0.25, -0.2) is 9.37 Å². The van der Waals surface area contributed by atoms with Gasteiger partial charge >= 0.3 is 0 Å².